The van der Waals surface area contributed by atoms with E-state index in [1.54, 1.807) is 12.1 Å². The highest BCUT2D eigenvalue weighted by Gasteiger charge is 2.48. The second kappa shape index (κ2) is 7.13. The number of carbonyl (C=O) groups is 1. The summed E-state index contributed by atoms with van der Waals surface area (Å²) in [5.41, 5.74) is 0.526. The Hall–Kier alpha value is -1.11. The molecule has 1 saturated carbocycles. The molecule has 7 heteroatoms. The van der Waals surface area contributed by atoms with Gasteiger partial charge < -0.3 is 10.2 Å². The Bertz CT molecular complexity index is 774. The first-order chi connectivity index (χ1) is 11.9. The second-order valence-corrected chi connectivity index (χ2v) is 9.93. The molecule has 5 nitrogen and oxygen atoms in total. The number of halogens is 1. The highest BCUT2D eigenvalue weighted by molar-refractivity contribution is 7.90. The lowest BCUT2D eigenvalue weighted by molar-refractivity contribution is -0.141. The lowest BCUT2D eigenvalue weighted by atomic mass is 9.63. The summed E-state index contributed by atoms with van der Waals surface area (Å²) in [6.45, 7) is 1.63. The zero-order valence-corrected chi connectivity index (χ0v) is 16.7. The standard InChI is InChI=1S/C19H26N2O3S.ClH/c1-25(23,24)17-7-3-14(4-8-17)19(10-2-11-19)18(22)21-12-9-15-5-6-16(13-21)20-15;/h3-4,7-8,15-16,20H,2,5-6,9-13H2,1H3;1H/t15-,16+;/m1./s1. The smallest absolute Gasteiger partial charge is 0.233 e. The summed E-state index contributed by atoms with van der Waals surface area (Å²) in [5, 5.41) is 3.63. The summed E-state index contributed by atoms with van der Waals surface area (Å²) in [6, 6.07) is 7.97. The zero-order valence-electron chi connectivity index (χ0n) is 15.1. The number of carbonyl (C=O) groups excluding carboxylic acids is 1. The van der Waals surface area contributed by atoms with E-state index in [2.05, 4.69) is 10.2 Å². The van der Waals surface area contributed by atoms with Crippen molar-refractivity contribution in [1.29, 1.82) is 0 Å². The van der Waals surface area contributed by atoms with Gasteiger partial charge in [0.25, 0.3) is 0 Å². The van der Waals surface area contributed by atoms with Gasteiger partial charge in [-0.3, -0.25) is 4.79 Å². The Kier molecular flexibility index (Phi) is 5.39. The van der Waals surface area contributed by atoms with Gasteiger partial charge in [0.15, 0.2) is 9.84 Å². The Morgan fingerprint density at radius 1 is 1.12 bits per heavy atom. The molecule has 26 heavy (non-hydrogen) atoms. The van der Waals surface area contributed by atoms with Gasteiger partial charge in [-0.15, -0.1) is 12.4 Å². The van der Waals surface area contributed by atoms with Gasteiger partial charge in [0, 0.05) is 31.4 Å². The first kappa shape index (κ1) is 19.6. The van der Waals surface area contributed by atoms with Crippen molar-refractivity contribution >= 4 is 28.2 Å². The van der Waals surface area contributed by atoms with Crippen molar-refractivity contribution in [1.82, 2.24) is 10.2 Å². The number of rotatable bonds is 3. The van der Waals surface area contributed by atoms with Gasteiger partial charge in [0.1, 0.15) is 0 Å². The van der Waals surface area contributed by atoms with Crippen molar-refractivity contribution in [2.75, 3.05) is 19.3 Å². The minimum Gasteiger partial charge on any atom is -0.340 e. The molecule has 4 rings (SSSR count). The van der Waals surface area contributed by atoms with E-state index in [0.717, 1.165) is 50.8 Å². The summed E-state index contributed by atoms with van der Waals surface area (Å²) in [7, 11) is -3.21. The van der Waals surface area contributed by atoms with Crippen LogP contribution < -0.4 is 5.32 Å². The summed E-state index contributed by atoms with van der Waals surface area (Å²) in [4.78, 5) is 15.8. The van der Waals surface area contributed by atoms with Crippen molar-refractivity contribution in [3.05, 3.63) is 29.8 Å². The quantitative estimate of drug-likeness (QED) is 0.848. The van der Waals surface area contributed by atoms with E-state index in [-0.39, 0.29) is 18.3 Å². The first-order valence-electron chi connectivity index (χ1n) is 9.24. The van der Waals surface area contributed by atoms with Gasteiger partial charge >= 0.3 is 0 Å². The molecular weight excluding hydrogens is 372 g/mol. The van der Waals surface area contributed by atoms with Crippen LogP contribution in [0.4, 0.5) is 0 Å². The molecule has 3 aliphatic rings. The molecule has 1 amide bonds. The molecule has 1 aromatic rings. The Balaban J connectivity index is 0.00000196. The van der Waals surface area contributed by atoms with E-state index in [1.807, 2.05) is 12.1 Å². The maximum absolute atomic E-state index is 13.4. The number of hydrogen-bond donors (Lipinski definition) is 1. The molecule has 2 aliphatic heterocycles. The van der Waals surface area contributed by atoms with Crippen LogP contribution in [0.1, 0.15) is 44.1 Å². The van der Waals surface area contributed by atoms with Crippen LogP contribution >= 0.6 is 12.4 Å². The van der Waals surface area contributed by atoms with Crippen molar-refractivity contribution in [2.45, 2.75) is 60.9 Å². The third-order valence-corrected chi connectivity index (χ3v) is 7.39. The molecule has 2 atom stereocenters. The van der Waals surface area contributed by atoms with Crippen molar-refractivity contribution in [3.8, 4) is 0 Å². The third kappa shape index (κ3) is 3.39. The van der Waals surface area contributed by atoms with Crippen LogP contribution in [0.3, 0.4) is 0 Å². The van der Waals surface area contributed by atoms with Crippen LogP contribution in [0.15, 0.2) is 29.2 Å². The monoisotopic (exact) mass is 398 g/mol. The predicted molar refractivity (Wildman–Crippen MR) is 103 cm³/mol. The van der Waals surface area contributed by atoms with Crippen LogP contribution in [0.25, 0.3) is 0 Å². The minimum absolute atomic E-state index is 0. The predicted octanol–water partition coefficient (Wildman–Crippen LogP) is 2.29. The molecule has 2 saturated heterocycles. The number of sulfone groups is 1. The highest BCUT2D eigenvalue weighted by atomic mass is 35.5. The normalized spacial score (nSPS) is 27.2. The molecule has 3 fully saturated rings. The van der Waals surface area contributed by atoms with Gasteiger partial charge in [-0.25, -0.2) is 8.42 Å². The molecule has 1 N–H and O–H groups in total. The molecule has 0 radical (unpaired) electrons. The summed E-state index contributed by atoms with van der Waals surface area (Å²) < 4.78 is 23.4. The number of amides is 1. The molecule has 1 aliphatic carbocycles. The van der Waals surface area contributed by atoms with Crippen molar-refractivity contribution in [2.24, 2.45) is 0 Å². The summed E-state index contributed by atoms with van der Waals surface area (Å²) in [5.74, 6) is 0.236. The largest absolute Gasteiger partial charge is 0.340 e. The number of benzene rings is 1. The number of nitrogens with one attached hydrogen (secondary N) is 1. The van der Waals surface area contributed by atoms with Crippen molar-refractivity contribution < 1.29 is 13.2 Å². The molecular formula is C19H27ClN2O3S. The second-order valence-electron chi connectivity index (χ2n) is 7.91. The van der Waals surface area contributed by atoms with E-state index < -0.39 is 15.3 Å². The van der Waals surface area contributed by atoms with Gasteiger partial charge in [-0.1, -0.05) is 18.6 Å². The summed E-state index contributed by atoms with van der Waals surface area (Å²) >= 11 is 0. The number of nitrogens with zero attached hydrogens (tertiary/aromatic N) is 1. The first-order valence-corrected chi connectivity index (χ1v) is 11.1. The van der Waals surface area contributed by atoms with E-state index in [9.17, 15) is 13.2 Å². The van der Waals surface area contributed by atoms with E-state index in [4.69, 9.17) is 0 Å². The van der Waals surface area contributed by atoms with Crippen molar-refractivity contribution in [3.63, 3.8) is 0 Å². The van der Waals surface area contributed by atoms with Gasteiger partial charge in [-0.05, 0) is 49.8 Å². The maximum atomic E-state index is 13.4. The van der Waals surface area contributed by atoms with Gasteiger partial charge in [0.2, 0.25) is 5.91 Å². The van der Waals surface area contributed by atoms with E-state index >= 15 is 0 Å². The van der Waals surface area contributed by atoms with Crippen LogP contribution in [-0.2, 0) is 20.0 Å². The topological polar surface area (TPSA) is 66.5 Å². The molecule has 0 aromatic heterocycles. The third-order valence-electron chi connectivity index (χ3n) is 6.26. The maximum Gasteiger partial charge on any atom is 0.233 e. The lowest BCUT2D eigenvalue weighted by Gasteiger charge is -2.44. The average molecular weight is 399 g/mol. The fraction of sp³-hybridized carbons (Fsp3) is 0.632. The summed E-state index contributed by atoms with van der Waals surface area (Å²) in [6.07, 6.45) is 7.41. The molecule has 1 aromatic carbocycles. The van der Waals surface area contributed by atoms with Crippen LogP contribution in [0.5, 0.6) is 0 Å². The fourth-order valence-corrected chi connectivity index (χ4v) is 5.24. The number of hydrogen-bond acceptors (Lipinski definition) is 4. The number of fused-ring (bicyclic) bond motifs is 2. The average Bonchev–Trinajstić information content (AvgIpc) is 2.85. The lowest BCUT2D eigenvalue weighted by Crippen LogP contribution is -2.53. The van der Waals surface area contributed by atoms with E-state index in [1.165, 1.54) is 12.7 Å². The highest BCUT2D eigenvalue weighted by Crippen LogP contribution is 2.45. The molecule has 144 valence electrons. The van der Waals surface area contributed by atoms with Gasteiger partial charge in [0.05, 0.1) is 10.3 Å². The van der Waals surface area contributed by atoms with Crippen LogP contribution in [0.2, 0.25) is 0 Å². The fourth-order valence-electron chi connectivity index (χ4n) is 4.61. The molecule has 0 spiro atoms. The zero-order chi connectivity index (χ0) is 17.7. The molecule has 2 bridgehead atoms. The SMILES string of the molecule is CS(=O)(=O)c1ccc(C2(C(=O)N3CC[C@H]4CC[C@@H](C3)N4)CCC2)cc1.Cl. The van der Waals surface area contributed by atoms with Crippen LogP contribution in [0, 0.1) is 0 Å². The van der Waals surface area contributed by atoms with E-state index in [0.29, 0.717) is 17.0 Å². The Morgan fingerprint density at radius 2 is 1.77 bits per heavy atom. The molecule has 2 heterocycles. The number of likely N-dealkylation sites (tertiary alicyclic amines) is 1. The van der Waals surface area contributed by atoms with Crippen LogP contribution in [-0.4, -0.2) is 50.7 Å². The molecule has 0 unspecified atom stereocenters. The minimum atomic E-state index is -3.21. The Morgan fingerprint density at radius 3 is 2.35 bits per heavy atom. The Labute approximate surface area is 161 Å². The van der Waals surface area contributed by atoms with Gasteiger partial charge in [-0.2, -0.15) is 0 Å².